The molecule has 192 valence electrons. The van der Waals surface area contributed by atoms with Gasteiger partial charge in [0.15, 0.2) is 0 Å². The first-order valence-electron chi connectivity index (χ1n) is 11.6. The van der Waals surface area contributed by atoms with Gasteiger partial charge in [-0.2, -0.15) is 0 Å². The van der Waals surface area contributed by atoms with E-state index < -0.39 is 28.5 Å². The van der Waals surface area contributed by atoms with Crippen molar-refractivity contribution in [2.45, 2.75) is 52.6 Å². The topological polar surface area (TPSA) is 86.8 Å². The minimum absolute atomic E-state index is 0.0270. The molecule has 0 aromatic heterocycles. The lowest BCUT2D eigenvalue weighted by atomic mass is 10.1. The molecule has 2 rings (SSSR count). The van der Waals surface area contributed by atoms with Gasteiger partial charge in [-0.3, -0.25) is 13.9 Å². The van der Waals surface area contributed by atoms with Gasteiger partial charge in [-0.15, -0.1) is 0 Å². The number of hydrogen-bond acceptors (Lipinski definition) is 4. The number of nitrogens with one attached hydrogen (secondary N) is 1. The van der Waals surface area contributed by atoms with Gasteiger partial charge < -0.3 is 10.2 Å². The number of hydrogen-bond donors (Lipinski definition) is 1. The average Bonchev–Trinajstić information content (AvgIpc) is 2.81. The van der Waals surface area contributed by atoms with Crippen molar-refractivity contribution < 1.29 is 18.0 Å². The molecule has 0 spiro atoms. The summed E-state index contributed by atoms with van der Waals surface area (Å²) in [5, 5.41) is 3.64. The van der Waals surface area contributed by atoms with E-state index in [1.54, 1.807) is 37.3 Å². The van der Waals surface area contributed by atoms with Crippen molar-refractivity contribution in [3.05, 3.63) is 63.6 Å². The summed E-state index contributed by atoms with van der Waals surface area (Å²) < 4.78 is 26.4. The van der Waals surface area contributed by atoms with Gasteiger partial charge in [0, 0.05) is 23.1 Å². The number of aryl methyl sites for hydroxylation is 1. The summed E-state index contributed by atoms with van der Waals surface area (Å²) in [6, 6.07) is 11.1. The van der Waals surface area contributed by atoms with Crippen LogP contribution in [-0.2, 0) is 32.6 Å². The minimum Gasteiger partial charge on any atom is -0.354 e. The zero-order valence-electron chi connectivity index (χ0n) is 20.6. The van der Waals surface area contributed by atoms with Crippen LogP contribution in [0.2, 0.25) is 10.0 Å². The van der Waals surface area contributed by atoms with E-state index in [0.717, 1.165) is 29.0 Å². The molecule has 0 aliphatic rings. The number of anilines is 1. The van der Waals surface area contributed by atoms with E-state index in [9.17, 15) is 18.0 Å². The van der Waals surface area contributed by atoms with Crippen LogP contribution in [0.15, 0.2) is 42.5 Å². The van der Waals surface area contributed by atoms with E-state index in [1.807, 2.05) is 26.0 Å². The van der Waals surface area contributed by atoms with Crippen molar-refractivity contribution in [2.75, 3.05) is 23.7 Å². The third-order valence-corrected chi connectivity index (χ3v) is 7.33. The number of rotatable bonds is 12. The van der Waals surface area contributed by atoms with Gasteiger partial charge in [0.25, 0.3) is 0 Å². The van der Waals surface area contributed by atoms with Crippen molar-refractivity contribution in [3.8, 4) is 0 Å². The van der Waals surface area contributed by atoms with Crippen LogP contribution in [0.25, 0.3) is 0 Å². The van der Waals surface area contributed by atoms with E-state index in [-0.39, 0.29) is 12.5 Å². The third kappa shape index (κ3) is 8.12. The first kappa shape index (κ1) is 28.9. The molecule has 0 unspecified atom stereocenters. The number of halogens is 2. The summed E-state index contributed by atoms with van der Waals surface area (Å²) in [5.41, 5.74) is 2.03. The molecule has 7 nitrogen and oxygen atoms in total. The van der Waals surface area contributed by atoms with E-state index in [1.165, 1.54) is 4.90 Å². The molecule has 1 N–H and O–H groups in total. The average molecular weight is 543 g/mol. The van der Waals surface area contributed by atoms with Crippen molar-refractivity contribution in [3.63, 3.8) is 0 Å². The maximum atomic E-state index is 13.6. The second-order valence-electron chi connectivity index (χ2n) is 8.26. The summed E-state index contributed by atoms with van der Waals surface area (Å²) in [5.74, 6) is -0.814. The molecule has 0 heterocycles. The van der Waals surface area contributed by atoms with Crippen LogP contribution in [0.3, 0.4) is 0 Å². The smallest absolute Gasteiger partial charge is 0.244 e. The number of benzene rings is 2. The van der Waals surface area contributed by atoms with Crippen molar-refractivity contribution in [2.24, 2.45) is 0 Å². The lowest BCUT2D eigenvalue weighted by Crippen LogP contribution is -2.52. The Balaban J connectivity index is 2.44. The molecule has 0 saturated carbocycles. The van der Waals surface area contributed by atoms with Crippen molar-refractivity contribution in [1.29, 1.82) is 0 Å². The van der Waals surface area contributed by atoms with Crippen molar-refractivity contribution in [1.82, 2.24) is 10.2 Å². The van der Waals surface area contributed by atoms with Gasteiger partial charge in [-0.1, -0.05) is 62.2 Å². The molecule has 2 aromatic carbocycles. The van der Waals surface area contributed by atoms with Gasteiger partial charge in [0.1, 0.15) is 12.6 Å². The lowest BCUT2D eigenvalue weighted by Gasteiger charge is -2.33. The van der Waals surface area contributed by atoms with Gasteiger partial charge in [0.2, 0.25) is 21.8 Å². The maximum Gasteiger partial charge on any atom is 0.244 e. The standard InChI is InChI=1S/C25H33Cl2N3O4S/c1-5-14-28-25(32)23(7-3)29(16-19-10-11-20(26)15-22(19)27)24(31)17-30(35(4,33)34)21-12-8-18(6-2)9-13-21/h8-13,15,23H,5-7,14,16-17H2,1-4H3,(H,28,32)/t23-/m0/s1. The van der Waals surface area contributed by atoms with Crippen LogP contribution < -0.4 is 9.62 Å². The molecule has 10 heteroatoms. The fraction of sp³-hybridized carbons (Fsp3) is 0.440. The summed E-state index contributed by atoms with van der Waals surface area (Å²) >= 11 is 12.4. The molecule has 0 aliphatic heterocycles. The molecule has 0 aliphatic carbocycles. The predicted molar refractivity (Wildman–Crippen MR) is 142 cm³/mol. The number of nitrogens with zero attached hydrogens (tertiary/aromatic N) is 2. The molecular weight excluding hydrogens is 509 g/mol. The van der Waals surface area contributed by atoms with Crippen LogP contribution in [0.4, 0.5) is 5.69 Å². The first-order chi connectivity index (χ1) is 16.5. The molecule has 0 saturated heterocycles. The molecule has 1 atom stereocenters. The zero-order chi connectivity index (χ0) is 26.2. The molecule has 35 heavy (non-hydrogen) atoms. The lowest BCUT2D eigenvalue weighted by molar-refractivity contribution is -0.140. The summed E-state index contributed by atoms with van der Waals surface area (Å²) in [6.45, 7) is 5.79. The molecule has 0 radical (unpaired) electrons. The zero-order valence-corrected chi connectivity index (χ0v) is 22.9. The van der Waals surface area contributed by atoms with Crippen LogP contribution in [0.1, 0.15) is 44.7 Å². The highest BCUT2D eigenvalue weighted by atomic mass is 35.5. The van der Waals surface area contributed by atoms with E-state index in [4.69, 9.17) is 23.2 Å². The first-order valence-corrected chi connectivity index (χ1v) is 14.2. The van der Waals surface area contributed by atoms with Crippen LogP contribution in [0, 0.1) is 0 Å². The van der Waals surface area contributed by atoms with Crippen molar-refractivity contribution >= 4 is 50.7 Å². The monoisotopic (exact) mass is 541 g/mol. The molecule has 2 aromatic rings. The SMILES string of the molecule is CCCNC(=O)[C@H](CC)N(Cc1ccc(Cl)cc1Cl)C(=O)CN(c1ccc(CC)cc1)S(C)(=O)=O. The van der Waals surface area contributed by atoms with Gasteiger partial charge in [0.05, 0.1) is 11.9 Å². The predicted octanol–water partition coefficient (Wildman–Crippen LogP) is 4.66. The molecular formula is C25H33Cl2N3O4S. The Bertz CT molecular complexity index is 1120. The fourth-order valence-electron chi connectivity index (χ4n) is 3.63. The Kier molecular flexibility index (Phi) is 10.9. The Morgan fingerprint density at radius 2 is 1.69 bits per heavy atom. The van der Waals surface area contributed by atoms with Gasteiger partial charge in [-0.25, -0.2) is 8.42 Å². The van der Waals surface area contributed by atoms with E-state index in [2.05, 4.69) is 5.32 Å². The fourth-order valence-corrected chi connectivity index (χ4v) is 4.95. The highest BCUT2D eigenvalue weighted by molar-refractivity contribution is 7.92. The highest BCUT2D eigenvalue weighted by Crippen LogP contribution is 2.25. The van der Waals surface area contributed by atoms with Gasteiger partial charge >= 0.3 is 0 Å². The number of amides is 2. The quantitative estimate of drug-likeness (QED) is 0.423. The third-order valence-electron chi connectivity index (χ3n) is 5.60. The summed E-state index contributed by atoms with van der Waals surface area (Å²) in [6.07, 6.45) is 2.95. The van der Waals surface area contributed by atoms with Crippen LogP contribution in [-0.4, -0.2) is 50.5 Å². The largest absolute Gasteiger partial charge is 0.354 e. The Labute approximate surface area is 218 Å². The van der Waals surface area contributed by atoms with Gasteiger partial charge in [-0.05, 0) is 54.7 Å². The highest BCUT2D eigenvalue weighted by Gasteiger charge is 2.32. The van der Waals surface area contributed by atoms with E-state index in [0.29, 0.717) is 34.3 Å². The Morgan fingerprint density at radius 3 is 2.20 bits per heavy atom. The molecule has 0 fully saturated rings. The molecule has 2 amide bonds. The molecule has 0 bridgehead atoms. The number of sulfonamides is 1. The minimum atomic E-state index is -3.78. The Morgan fingerprint density at radius 1 is 1.03 bits per heavy atom. The summed E-state index contributed by atoms with van der Waals surface area (Å²) in [4.78, 5) is 28.0. The normalized spacial score (nSPS) is 12.2. The number of carbonyl (C=O) groups excluding carboxylic acids is 2. The number of carbonyl (C=O) groups is 2. The van der Waals surface area contributed by atoms with Crippen LogP contribution in [0.5, 0.6) is 0 Å². The Hall–Kier alpha value is -2.29. The maximum absolute atomic E-state index is 13.6. The van der Waals surface area contributed by atoms with E-state index >= 15 is 0 Å². The second kappa shape index (κ2) is 13.1. The second-order valence-corrected chi connectivity index (χ2v) is 11.0. The summed E-state index contributed by atoms with van der Waals surface area (Å²) in [7, 11) is -3.78. The van der Waals surface area contributed by atoms with Crippen LogP contribution >= 0.6 is 23.2 Å².